The summed E-state index contributed by atoms with van der Waals surface area (Å²) in [4.78, 5) is 16.2. The van der Waals surface area contributed by atoms with Gasteiger partial charge in [-0.3, -0.25) is 4.79 Å². The standard InChI is InChI=1S/C27H29F5N2O/c1-25(2,3)15-34-14-19(22(23(28)29)33-24(35)26(4,5)6)18-12-11-16(13-21(18)34)17-9-7-8-10-20(17)27(30,31)32/h7-14,23H,15H2,1-6H3/b33-22+. The van der Waals surface area contributed by atoms with E-state index in [-0.39, 0.29) is 16.5 Å². The number of hydrogen-bond donors (Lipinski definition) is 0. The molecule has 0 N–H and O–H groups in total. The summed E-state index contributed by atoms with van der Waals surface area (Å²) in [6, 6.07) is 9.81. The molecule has 3 rings (SSSR count). The van der Waals surface area contributed by atoms with Gasteiger partial charge in [-0.1, -0.05) is 71.9 Å². The van der Waals surface area contributed by atoms with Crippen molar-refractivity contribution in [2.45, 2.75) is 60.7 Å². The fourth-order valence-electron chi connectivity index (χ4n) is 3.79. The van der Waals surface area contributed by atoms with Gasteiger partial charge in [0.2, 0.25) is 0 Å². The molecule has 3 nitrogen and oxygen atoms in total. The van der Waals surface area contributed by atoms with Crippen molar-refractivity contribution in [3.8, 4) is 11.1 Å². The van der Waals surface area contributed by atoms with Crippen LogP contribution in [0.5, 0.6) is 0 Å². The largest absolute Gasteiger partial charge is 0.417 e. The molecule has 0 fully saturated rings. The summed E-state index contributed by atoms with van der Waals surface area (Å²) in [5.41, 5.74) is -1.74. The molecular weight excluding hydrogens is 463 g/mol. The lowest BCUT2D eigenvalue weighted by Gasteiger charge is -2.20. The molecule has 3 aromatic rings. The zero-order chi connectivity index (χ0) is 26.3. The quantitative estimate of drug-likeness (QED) is 0.268. The molecule has 0 atom stereocenters. The highest BCUT2D eigenvalue weighted by atomic mass is 19.4. The summed E-state index contributed by atoms with van der Waals surface area (Å²) in [5, 5.41) is 0.392. The predicted octanol–water partition coefficient (Wildman–Crippen LogP) is 8.00. The molecule has 2 aromatic carbocycles. The average molecular weight is 493 g/mol. The number of benzene rings is 2. The topological polar surface area (TPSA) is 34.4 Å². The second-order valence-corrected chi connectivity index (χ2v) is 10.9. The zero-order valence-electron chi connectivity index (χ0n) is 20.6. The van der Waals surface area contributed by atoms with Crippen LogP contribution < -0.4 is 0 Å². The number of aliphatic imine (C=N–C) groups is 1. The van der Waals surface area contributed by atoms with Crippen LogP contribution in [-0.2, 0) is 17.5 Å². The highest BCUT2D eigenvalue weighted by Crippen LogP contribution is 2.39. The van der Waals surface area contributed by atoms with Gasteiger partial charge in [-0.15, -0.1) is 0 Å². The molecule has 0 aliphatic rings. The highest BCUT2D eigenvalue weighted by Gasteiger charge is 2.33. The molecule has 0 unspecified atom stereocenters. The van der Waals surface area contributed by atoms with Crippen LogP contribution in [0.1, 0.15) is 52.7 Å². The van der Waals surface area contributed by atoms with Gasteiger partial charge in [0, 0.05) is 34.6 Å². The number of carbonyl (C=O) groups excluding carboxylic acids is 1. The van der Waals surface area contributed by atoms with E-state index in [9.17, 15) is 26.7 Å². The zero-order valence-corrected chi connectivity index (χ0v) is 20.6. The fourth-order valence-corrected chi connectivity index (χ4v) is 3.79. The van der Waals surface area contributed by atoms with Crippen LogP contribution in [-0.4, -0.2) is 22.6 Å². The van der Waals surface area contributed by atoms with Crippen molar-refractivity contribution in [2.75, 3.05) is 0 Å². The van der Waals surface area contributed by atoms with Crippen LogP contribution in [0.25, 0.3) is 22.0 Å². The van der Waals surface area contributed by atoms with Gasteiger partial charge < -0.3 is 4.57 Å². The van der Waals surface area contributed by atoms with E-state index in [4.69, 9.17) is 0 Å². The Hall–Kier alpha value is -3.03. The number of hydrogen-bond acceptors (Lipinski definition) is 1. The Kier molecular flexibility index (Phi) is 6.99. The Morgan fingerprint density at radius 2 is 1.60 bits per heavy atom. The Balaban J connectivity index is 2.30. The number of carbonyl (C=O) groups is 1. The van der Waals surface area contributed by atoms with Crippen molar-refractivity contribution in [2.24, 2.45) is 15.8 Å². The highest BCUT2D eigenvalue weighted by molar-refractivity contribution is 6.16. The third kappa shape index (κ3) is 5.97. The lowest BCUT2D eigenvalue weighted by Crippen LogP contribution is -2.22. The van der Waals surface area contributed by atoms with Crippen molar-refractivity contribution in [1.29, 1.82) is 0 Å². The van der Waals surface area contributed by atoms with Gasteiger partial charge in [0.25, 0.3) is 12.3 Å². The Labute approximate surface area is 201 Å². The first-order chi connectivity index (χ1) is 16.0. The van der Waals surface area contributed by atoms with E-state index in [1.807, 2.05) is 20.8 Å². The van der Waals surface area contributed by atoms with Crippen LogP contribution in [0.4, 0.5) is 22.0 Å². The molecule has 0 aliphatic heterocycles. The molecule has 0 bridgehead atoms. The number of halogens is 5. The lowest BCUT2D eigenvalue weighted by atomic mass is 9.95. The van der Waals surface area contributed by atoms with Gasteiger partial charge in [-0.05, 0) is 28.7 Å². The first-order valence-corrected chi connectivity index (χ1v) is 11.2. The number of aromatic nitrogens is 1. The number of nitrogens with zero attached hydrogens (tertiary/aromatic N) is 2. The van der Waals surface area contributed by atoms with Crippen LogP contribution in [0, 0.1) is 10.8 Å². The molecule has 0 radical (unpaired) electrons. The van der Waals surface area contributed by atoms with Crippen molar-refractivity contribution in [3.63, 3.8) is 0 Å². The minimum absolute atomic E-state index is 0.00220. The SMILES string of the molecule is CC(C)(C)Cn1cc(/C(=N\C(=O)C(C)(C)C)C(F)F)c2ccc(-c3ccccc3C(F)(F)F)cc21. The number of amides is 1. The normalized spacial score (nSPS) is 13.7. The fraction of sp³-hybridized carbons (Fsp3) is 0.407. The summed E-state index contributed by atoms with van der Waals surface area (Å²) >= 11 is 0. The smallest absolute Gasteiger partial charge is 0.346 e. The van der Waals surface area contributed by atoms with E-state index >= 15 is 0 Å². The van der Waals surface area contributed by atoms with Crippen molar-refractivity contribution >= 4 is 22.5 Å². The number of fused-ring (bicyclic) bond motifs is 1. The van der Waals surface area contributed by atoms with E-state index < -0.39 is 35.2 Å². The van der Waals surface area contributed by atoms with Crippen molar-refractivity contribution < 1.29 is 26.7 Å². The summed E-state index contributed by atoms with van der Waals surface area (Å²) in [5.74, 6) is -0.680. The van der Waals surface area contributed by atoms with E-state index in [0.29, 0.717) is 23.0 Å². The second-order valence-electron chi connectivity index (χ2n) is 10.9. The first kappa shape index (κ1) is 26.6. The number of rotatable bonds is 4. The molecule has 1 amide bonds. The molecule has 1 aromatic heterocycles. The van der Waals surface area contributed by atoms with Gasteiger partial charge in [-0.2, -0.15) is 13.2 Å². The van der Waals surface area contributed by atoms with Crippen molar-refractivity contribution in [3.05, 3.63) is 59.8 Å². The van der Waals surface area contributed by atoms with Gasteiger partial charge in [0.15, 0.2) is 0 Å². The third-order valence-electron chi connectivity index (χ3n) is 5.42. The molecule has 0 saturated heterocycles. The number of alkyl halides is 5. The van der Waals surface area contributed by atoms with Gasteiger partial charge >= 0.3 is 6.18 Å². The summed E-state index contributed by atoms with van der Waals surface area (Å²) in [7, 11) is 0. The summed E-state index contributed by atoms with van der Waals surface area (Å²) in [6.45, 7) is 11.1. The maximum absolute atomic E-state index is 14.1. The molecule has 0 spiro atoms. The Morgan fingerprint density at radius 1 is 0.971 bits per heavy atom. The molecule has 188 valence electrons. The van der Waals surface area contributed by atoms with E-state index in [0.717, 1.165) is 6.07 Å². The molecule has 8 heteroatoms. The molecule has 35 heavy (non-hydrogen) atoms. The molecule has 0 saturated carbocycles. The van der Waals surface area contributed by atoms with E-state index in [1.165, 1.54) is 36.5 Å². The lowest BCUT2D eigenvalue weighted by molar-refractivity contribution is -0.137. The average Bonchev–Trinajstić information content (AvgIpc) is 3.06. The minimum atomic E-state index is -4.55. The van der Waals surface area contributed by atoms with Gasteiger partial charge in [-0.25, -0.2) is 13.8 Å². The summed E-state index contributed by atoms with van der Waals surface area (Å²) in [6.07, 6.45) is -6.05. The monoisotopic (exact) mass is 492 g/mol. The van der Waals surface area contributed by atoms with Crippen LogP contribution >= 0.6 is 0 Å². The molecule has 0 aliphatic carbocycles. The maximum Gasteiger partial charge on any atom is 0.417 e. The van der Waals surface area contributed by atoms with Gasteiger partial charge in [0.1, 0.15) is 5.71 Å². The summed E-state index contributed by atoms with van der Waals surface area (Å²) < 4.78 is 70.9. The van der Waals surface area contributed by atoms with E-state index in [2.05, 4.69) is 4.99 Å². The minimum Gasteiger partial charge on any atom is -0.346 e. The maximum atomic E-state index is 14.1. The predicted molar refractivity (Wildman–Crippen MR) is 129 cm³/mol. The molecular formula is C27H29F5N2O. The molecule has 1 heterocycles. The van der Waals surface area contributed by atoms with Crippen molar-refractivity contribution in [1.82, 2.24) is 4.57 Å². The van der Waals surface area contributed by atoms with Crippen LogP contribution in [0.15, 0.2) is 53.7 Å². The first-order valence-electron chi connectivity index (χ1n) is 11.2. The van der Waals surface area contributed by atoms with Crippen LogP contribution in [0.3, 0.4) is 0 Å². The van der Waals surface area contributed by atoms with E-state index in [1.54, 1.807) is 31.4 Å². The Bertz CT molecular complexity index is 1270. The third-order valence-corrected chi connectivity index (χ3v) is 5.42. The van der Waals surface area contributed by atoms with Gasteiger partial charge in [0.05, 0.1) is 5.56 Å². The van der Waals surface area contributed by atoms with Crippen LogP contribution in [0.2, 0.25) is 0 Å². The second kappa shape index (κ2) is 9.21. The Morgan fingerprint density at radius 3 is 2.14 bits per heavy atom.